The summed E-state index contributed by atoms with van der Waals surface area (Å²) in [4.78, 5) is 0. The smallest absolute Gasteiger partial charge is 0.130 e. The summed E-state index contributed by atoms with van der Waals surface area (Å²) in [6.07, 6.45) is 2.16. The molecule has 0 amide bonds. The Labute approximate surface area is 121 Å². The van der Waals surface area contributed by atoms with Crippen LogP contribution in [0.5, 0.6) is 0 Å². The Balaban J connectivity index is 2.32. The largest absolute Gasteiger partial charge is 0.387 e. The molecule has 0 aliphatic heterocycles. The van der Waals surface area contributed by atoms with Gasteiger partial charge in [-0.1, -0.05) is 35.3 Å². The van der Waals surface area contributed by atoms with Crippen molar-refractivity contribution in [3.63, 3.8) is 0 Å². The first-order chi connectivity index (χ1) is 9.02. The van der Waals surface area contributed by atoms with Gasteiger partial charge in [0.2, 0.25) is 0 Å². The van der Waals surface area contributed by atoms with Crippen LogP contribution in [0.25, 0.3) is 0 Å². The number of nitriles is 1. The summed E-state index contributed by atoms with van der Waals surface area (Å²) in [7, 11) is 0. The van der Waals surface area contributed by atoms with Crippen molar-refractivity contribution in [2.24, 2.45) is 11.3 Å². The predicted octanol–water partition coefficient (Wildman–Crippen LogP) is 4.34. The van der Waals surface area contributed by atoms with Crippen molar-refractivity contribution in [3.05, 3.63) is 34.1 Å². The van der Waals surface area contributed by atoms with Gasteiger partial charge in [0.15, 0.2) is 0 Å². The van der Waals surface area contributed by atoms with Crippen molar-refractivity contribution >= 4 is 15.9 Å². The van der Waals surface area contributed by atoms with Gasteiger partial charge in [-0.2, -0.15) is 5.26 Å². The van der Waals surface area contributed by atoms with Crippen LogP contribution >= 0.6 is 15.9 Å². The molecule has 1 N–H and O–H groups in total. The van der Waals surface area contributed by atoms with E-state index in [1.807, 2.05) is 0 Å². The molecule has 2 rings (SSSR count). The Kier molecular flexibility index (Phi) is 4.27. The van der Waals surface area contributed by atoms with Crippen molar-refractivity contribution in [2.45, 2.75) is 38.7 Å². The van der Waals surface area contributed by atoms with Gasteiger partial charge in [-0.3, -0.25) is 0 Å². The van der Waals surface area contributed by atoms with Crippen LogP contribution < -0.4 is 0 Å². The fourth-order valence-corrected chi connectivity index (χ4v) is 3.29. The summed E-state index contributed by atoms with van der Waals surface area (Å²) in [5, 5.41) is 19.9. The molecular weight excluding hydrogens is 309 g/mol. The SMILES string of the molecule is CCC1CCC(C#N)(C(O)c2ccc(Br)cc2F)C1. The fourth-order valence-electron chi connectivity index (χ4n) is 2.96. The first kappa shape index (κ1) is 14.5. The second-order valence-corrected chi connectivity index (χ2v) is 6.27. The molecule has 4 heteroatoms. The Hall–Kier alpha value is -0.920. The van der Waals surface area contributed by atoms with Crippen LogP contribution in [-0.4, -0.2) is 5.11 Å². The molecule has 1 aliphatic rings. The third-order valence-electron chi connectivity index (χ3n) is 4.23. The van der Waals surface area contributed by atoms with Gasteiger partial charge in [0.1, 0.15) is 11.9 Å². The minimum Gasteiger partial charge on any atom is -0.387 e. The van der Waals surface area contributed by atoms with Gasteiger partial charge in [0.05, 0.1) is 11.5 Å². The van der Waals surface area contributed by atoms with Gasteiger partial charge in [-0.15, -0.1) is 0 Å². The number of hydrogen-bond acceptors (Lipinski definition) is 2. The quantitative estimate of drug-likeness (QED) is 0.898. The van der Waals surface area contributed by atoms with E-state index in [1.54, 1.807) is 12.1 Å². The summed E-state index contributed by atoms with van der Waals surface area (Å²) in [6, 6.07) is 6.83. The van der Waals surface area contributed by atoms with Crippen LogP contribution in [0.1, 0.15) is 44.3 Å². The molecule has 102 valence electrons. The summed E-state index contributed by atoms with van der Waals surface area (Å²) < 4.78 is 14.6. The lowest BCUT2D eigenvalue weighted by Gasteiger charge is -2.28. The monoisotopic (exact) mass is 325 g/mol. The van der Waals surface area contributed by atoms with Gasteiger partial charge >= 0.3 is 0 Å². The zero-order chi connectivity index (χ0) is 14.0. The van der Waals surface area contributed by atoms with Crippen LogP contribution in [0.2, 0.25) is 0 Å². The second-order valence-electron chi connectivity index (χ2n) is 5.35. The van der Waals surface area contributed by atoms with Gasteiger partial charge < -0.3 is 5.11 Å². The summed E-state index contributed by atoms with van der Waals surface area (Å²) in [6.45, 7) is 2.09. The normalized spacial score (nSPS) is 28.1. The van der Waals surface area contributed by atoms with Gasteiger partial charge in [-0.05, 0) is 37.3 Å². The number of nitrogens with zero attached hydrogens (tertiary/aromatic N) is 1. The minimum atomic E-state index is -1.05. The molecule has 1 aliphatic carbocycles. The molecule has 0 saturated heterocycles. The highest BCUT2D eigenvalue weighted by molar-refractivity contribution is 9.10. The highest BCUT2D eigenvalue weighted by atomic mass is 79.9. The topological polar surface area (TPSA) is 44.0 Å². The van der Waals surface area contributed by atoms with Crippen LogP contribution in [0.15, 0.2) is 22.7 Å². The summed E-state index contributed by atoms with van der Waals surface area (Å²) >= 11 is 3.19. The molecule has 0 radical (unpaired) electrons. The lowest BCUT2D eigenvalue weighted by Crippen LogP contribution is -2.25. The van der Waals surface area contributed by atoms with E-state index in [9.17, 15) is 14.8 Å². The van der Waals surface area contributed by atoms with Gasteiger partial charge in [-0.25, -0.2) is 4.39 Å². The average molecular weight is 326 g/mol. The van der Waals surface area contributed by atoms with Gasteiger partial charge in [0, 0.05) is 10.0 Å². The Bertz CT molecular complexity index is 513. The van der Waals surface area contributed by atoms with E-state index in [-0.39, 0.29) is 5.56 Å². The first-order valence-electron chi connectivity index (χ1n) is 6.56. The molecule has 19 heavy (non-hydrogen) atoms. The maximum atomic E-state index is 13.9. The molecule has 1 fully saturated rings. The minimum absolute atomic E-state index is 0.224. The lowest BCUT2D eigenvalue weighted by atomic mass is 9.77. The van der Waals surface area contributed by atoms with Crippen LogP contribution in [0.4, 0.5) is 4.39 Å². The molecule has 1 saturated carbocycles. The molecule has 2 nitrogen and oxygen atoms in total. The standard InChI is InChI=1S/C15H17BrFNO/c1-2-10-5-6-15(8-10,9-18)14(19)12-4-3-11(16)7-13(12)17/h3-4,7,10,14,19H,2,5-6,8H2,1H3. The van der Waals surface area contributed by atoms with E-state index in [1.165, 1.54) is 6.07 Å². The molecule has 3 unspecified atom stereocenters. The molecule has 0 heterocycles. The lowest BCUT2D eigenvalue weighted by molar-refractivity contribution is 0.0609. The predicted molar refractivity (Wildman–Crippen MR) is 74.7 cm³/mol. The number of benzene rings is 1. The molecule has 1 aromatic rings. The Morgan fingerprint density at radius 1 is 1.63 bits per heavy atom. The first-order valence-corrected chi connectivity index (χ1v) is 7.36. The highest BCUT2D eigenvalue weighted by Gasteiger charge is 2.45. The molecule has 0 aromatic heterocycles. The maximum Gasteiger partial charge on any atom is 0.130 e. The van der Waals surface area contributed by atoms with Crippen molar-refractivity contribution in [1.82, 2.24) is 0 Å². The Morgan fingerprint density at radius 3 is 2.89 bits per heavy atom. The maximum absolute atomic E-state index is 13.9. The third kappa shape index (κ3) is 2.68. The van der Waals surface area contributed by atoms with E-state index in [2.05, 4.69) is 28.9 Å². The third-order valence-corrected chi connectivity index (χ3v) is 4.73. The zero-order valence-corrected chi connectivity index (χ0v) is 12.5. The van der Waals surface area contributed by atoms with E-state index in [4.69, 9.17) is 0 Å². The highest BCUT2D eigenvalue weighted by Crippen LogP contribution is 2.50. The van der Waals surface area contributed by atoms with E-state index >= 15 is 0 Å². The van der Waals surface area contributed by atoms with Crippen LogP contribution in [0.3, 0.4) is 0 Å². The molecule has 1 aromatic carbocycles. The van der Waals surface area contributed by atoms with Crippen molar-refractivity contribution < 1.29 is 9.50 Å². The van der Waals surface area contributed by atoms with Crippen LogP contribution in [-0.2, 0) is 0 Å². The van der Waals surface area contributed by atoms with Gasteiger partial charge in [0.25, 0.3) is 0 Å². The van der Waals surface area contributed by atoms with E-state index < -0.39 is 17.3 Å². The van der Waals surface area contributed by atoms with Crippen molar-refractivity contribution in [2.75, 3.05) is 0 Å². The van der Waals surface area contributed by atoms with Crippen molar-refractivity contribution in [3.8, 4) is 6.07 Å². The summed E-state index contributed by atoms with van der Waals surface area (Å²) in [5.41, 5.74) is -0.614. The van der Waals surface area contributed by atoms with E-state index in [0.717, 1.165) is 12.8 Å². The molecule has 0 spiro atoms. The summed E-state index contributed by atoms with van der Waals surface area (Å²) in [5.74, 6) is -0.00995. The number of rotatable bonds is 3. The fraction of sp³-hybridized carbons (Fsp3) is 0.533. The van der Waals surface area contributed by atoms with Crippen LogP contribution in [0, 0.1) is 28.5 Å². The second kappa shape index (κ2) is 5.60. The number of aliphatic hydroxyl groups is 1. The zero-order valence-electron chi connectivity index (χ0n) is 10.9. The average Bonchev–Trinajstić information content (AvgIpc) is 2.83. The number of halogens is 2. The van der Waals surface area contributed by atoms with E-state index in [0.29, 0.717) is 23.2 Å². The molecular formula is C15H17BrFNO. The number of aliphatic hydroxyl groups excluding tert-OH is 1. The Morgan fingerprint density at radius 2 is 2.37 bits per heavy atom. The molecule has 0 bridgehead atoms. The molecule has 3 atom stereocenters. The number of hydrogen-bond donors (Lipinski definition) is 1. The van der Waals surface area contributed by atoms with Crippen molar-refractivity contribution in [1.29, 1.82) is 5.26 Å².